The van der Waals surface area contributed by atoms with Crippen molar-refractivity contribution in [2.45, 2.75) is 25.4 Å². The lowest BCUT2D eigenvalue weighted by Crippen LogP contribution is -2.42. The Kier molecular flexibility index (Phi) is 4.08. The van der Waals surface area contributed by atoms with Gasteiger partial charge >= 0.3 is 18.2 Å². The lowest BCUT2D eigenvalue weighted by Gasteiger charge is -2.20. The highest BCUT2D eigenvalue weighted by Gasteiger charge is 2.50. The van der Waals surface area contributed by atoms with Crippen molar-refractivity contribution < 1.29 is 27.9 Å². The lowest BCUT2D eigenvalue weighted by molar-refractivity contribution is -0.143. The molecular weight excluding hydrogens is 253 g/mol. The molecule has 0 aromatic carbocycles. The Bertz CT molecular complexity index is 340. The van der Waals surface area contributed by atoms with Crippen LogP contribution in [0.5, 0.6) is 0 Å². The van der Waals surface area contributed by atoms with Crippen LogP contribution in [0.15, 0.2) is 0 Å². The van der Waals surface area contributed by atoms with Gasteiger partial charge in [0, 0.05) is 20.1 Å². The topological polar surface area (TPSA) is 69.6 Å². The molecule has 0 atom stereocenters. The van der Waals surface area contributed by atoms with E-state index in [4.69, 9.17) is 5.11 Å². The van der Waals surface area contributed by atoms with Crippen LogP contribution < -0.4 is 5.32 Å². The Morgan fingerprint density at radius 3 is 2.33 bits per heavy atom. The van der Waals surface area contributed by atoms with Gasteiger partial charge in [-0.05, 0) is 12.8 Å². The molecule has 0 aromatic heterocycles. The third-order valence-corrected chi connectivity index (χ3v) is 2.96. The molecule has 0 aromatic rings. The molecule has 18 heavy (non-hydrogen) atoms. The zero-order chi connectivity index (χ0) is 14.0. The van der Waals surface area contributed by atoms with E-state index < -0.39 is 36.6 Å². The van der Waals surface area contributed by atoms with Crippen LogP contribution in [0.4, 0.5) is 18.0 Å². The zero-order valence-electron chi connectivity index (χ0n) is 9.88. The van der Waals surface area contributed by atoms with E-state index in [1.54, 1.807) is 0 Å². The summed E-state index contributed by atoms with van der Waals surface area (Å²) in [5, 5.41) is 11.2. The highest BCUT2D eigenvalue weighted by Crippen LogP contribution is 2.45. The number of hydrogen-bond acceptors (Lipinski definition) is 2. The SMILES string of the molecule is CN(CCC(F)(F)F)C(=O)NCC1(C(=O)O)CC1. The summed E-state index contributed by atoms with van der Waals surface area (Å²) < 4.78 is 35.8. The summed E-state index contributed by atoms with van der Waals surface area (Å²) in [4.78, 5) is 23.1. The summed E-state index contributed by atoms with van der Waals surface area (Å²) in [7, 11) is 1.24. The number of rotatable bonds is 5. The number of nitrogens with zero attached hydrogens (tertiary/aromatic N) is 1. The van der Waals surface area contributed by atoms with E-state index in [2.05, 4.69) is 5.32 Å². The predicted molar refractivity (Wildman–Crippen MR) is 56.0 cm³/mol. The number of carboxylic acid groups (broad SMARTS) is 1. The van der Waals surface area contributed by atoms with Gasteiger partial charge in [0.2, 0.25) is 0 Å². The van der Waals surface area contributed by atoms with Crippen LogP contribution in [0.3, 0.4) is 0 Å². The summed E-state index contributed by atoms with van der Waals surface area (Å²) in [6, 6.07) is -0.688. The van der Waals surface area contributed by atoms with Gasteiger partial charge in [0.1, 0.15) is 0 Å². The number of urea groups is 1. The van der Waals surface area contributed by atoms with Gasteiger partial charge in [-0.2, -0.15) is 13.2 Å². The molecule has 2 N–H and O–H groups in total. The van der Waals surface area contributed by atoms with Crippen LogP contribution in [0.2, 0.25) is 0 Å². The van der Waals surface area contributed by atoms with Crippen molar-refractivity contribution in [3.63, 3.8) is 0 Å². The molecule has 0 bridgehead atoms. The maximum atomic E-state index is 11.9. The Morgan fingerprint density at radius 2 is 1.94 bits per heavy atom. The molecule has 1 fully saturated rings. The molecule has 0 aliphatic heterocycles. The second kappa shape index (κ2) is 5.03. The number of carbonyl (C=O) groups is 2. The highest BCUT2D eigenvalue weighted by atomic mass is 19.4. The van der Waals surface area contributed by atoms with Crippen LogP contribution in [0.1, 0.15) is 19.3 Å². The Labute approximate surface area is 102 Å². The summed E-state index contributed by atoms with van der Waals surface area (Å²) in [6.45, 7) is -0.493. The molecule has 2 amide bonds. The standard InChI is InChI=1S/C10H15F3N2O3/c1-15(5-4-10(11,12)13)8(18)14-6-9(2-3-9)7(16)17/h2-6H2,1H3,(H,14,18)(H,16,17). The second-order valence-electron chi connectivity index (χ2n) is 4.53. The van der Waals surface area contributed by atoms with Crippen molar-refractivity contribution >= 4 is 12.0 Å². The van der Waals surface area contributed by atoms with Gasteiger partial charge in [-0.25, -0.2) is 4.79 Å². The number of carboxylic acids is 1. The number of aliphatic carboxylic acids is 1. The third-order valence-electron chi connectivity index (χ3n) is 2.96. The van der Waals surface area contributed by atoms with E-state index in [1.165, 1.54) is 7.05 Å². The maximum Gasteiger partial charge on any atom is 0.390 e. The average Bonchev–Trinajstić information content (AvgIpc) is 3.02. The van der Waals surface area contributed by atoms with Crippen molar-refractivity contribution in [3.8, 4) is 0 Å². The molecular formula is C10H15F3N2O3. The van der Waals surface area contributed by atoms with E-state index in [9.17, 15) is 22.8 Å². The zero-order valence-corrected chi connectivity index (χ0v) is 9.88. The van der Waals surface area contributed by atoms with Crippen molar-refractivity contribution in [2.24, 2.45) is 5.41 Å². The number of carbonyl (C=O) groups excluding carboxylic acids is 1. The average molecular weight is 268 g/mol. The Hall–Kier alpha value is -1.47. The van der Waals surface area contributed by atoms with Gasteiger partial charge in [0.25, 0.3) is 0 Å². The lowest BCUT2D eigenvalue weighted by atomic mass is 10.1. The maximum absolute atomic E-state index is 11.9. The summed E-state index contributed by atoms with van der Waals surface area (Å²) >= 11 is 0. The molecule has 1 aliphatic carbocycles. The van der Waals surface area contributed by atoms with Gasteiger partial charge in [-0.15, -0.1) is 0 Å². The minimum Gasteiger partial charge on any atom is -0.481 e. The number of nitrogens with one attached hydrogen (secondary N) is 1. The van der Waals surface area contributed by atoms with Crippen molar-refractivity contribution in [1.82, 2.24) is 10.2 Å². The van der Waals surface area contributed by atoms with Crippen LogP contribution in [0, 0.1) is 5.41 Å². The monoisotopic (exact) mass is 268 g/mol. The van der Waals surface area contributed by atoms with Gasteiger partial charge in [-0.3, -0.25) is 4.79 Å². The van der Waals surface area contributed by atoms with Crippen LogP contribution in [0.25, 0.3) is 0 Å². The quantitative estimate of drug-likeness (QED) is 0.792. The fraction of sp³-hybridized carbons (Fsp3) is 0.800. The largest absolute Gasteiger partial charge is 0.481 e. The van der Waals surface area contributed by atoms with Crippen LogP contribution >= 0.6 is 0 Å². The normalized spacial score (nSPS) is 17.1. The van der Waals surface area contributed by atoms with E-state index in [0.717, 1.165) is 4.90 Å². The minimum atomic E-state index is -4.31. The van der Waals surface area contributed by atoms with E-state index in [1.807, 2.05) is 0 Å². The summed E-state index contributed by atoms with van der Waals surface area (Å²) in [5.74, 6) is -0.985. The van der Waals surface area contributed by atoms with Crippen LogP contribution in [-0.2, 0) is 4.79 Å². The van der Waals surface area contributed by atoms with Gasteiger partial charge in [0.15, 0.2) is 0 Å². The molecule has 5 nitrogen and oxygen atoms in total. The minimum absolute atomic E-state index is 0.0441. The summed E-state index contributed by atoms with van der Waals surface area (Å²) in [5.41, 5.74) is -0.916. The fourth-order valence-corrected chi connectivity index (χ4v) is 1.39. The number of alkyl halides is 3. The molecule has 0 spiro atoms. The van der Waals surface area contributed by atoms with Crippen molar-refractivity contribution in [2.75, 3.05) is 20.1 Å². The molecule has 0 unspecified atom stereocenters. The smallest absolute Gasteiger partial charge is 0.390 e. The van der Waals surface area contributed by atoms with Crippen LogP contribution in [-0.4, -0.2) is 48.3 Å². The van der Waals surface area contributed by atoms with Gasteiger partial charge in [-0.1, -0.05) is 0 Å². The molecule has 0 radical (unpaired) electrons. The fourth-order valence-electron chi connectivity index (χ4n) is 1.39. The molecule has 1 saturated carbocycles. The molecule has 0 heterocycles. The second-order valence-corrected chi connectivity index (χ2v) is 4.53. The number of amides is 2. The summed E-state index contributed by atoms with van der Waals surface area (Å²) in [6.07, 6.45) is -4.43. The highest BCUT2D eigenvalue weighted by molar-refractivity contribution is 5.80. The number of halogens is 3. The van der Waals surface area contributed by atoms with E-state index >= 15 is 0 Å². The molecule has 0 saturated heterocycles. The Balaban J connectivity index is 2.30. The van der Waals surface area contributed by atoms with Crippen molar-refractivity contribution in [1.29, 1.82) is 0 Å². The van der Waals surface area contributed by atoms with E-state index in [0.29, 0.717) is 12.8 Å². The first kappa shape index (κ1) is 14.6. The number of hydrogen-bond donors (Lipinski definition) is 2. The predicted octanol–water partition coefficient (Wildman–Crippen LogP) is 1.45. The Morgan fingerprint density at radius 1 is 1.39 bits per heavy atom. The van der Waals surface area contributed by atoms with Gasteiger partial charge < -0.3 is 15.3 Å². The van der Waals surface area contributed by atoms with Gasteiger partial charge in [0.05, 0.1) is 11.8 Å². The molecule has 8 heteroatoms. The van der Waals surface area contributed by atoms with E-state index in [-0.39, 0.29) is 6.54 Å². The third kappa shape index (κ3) is 4.08. The molecule has 1 aliphatic rings. The molecule has 104 valence electrons. The first-order valence-corrected chi connectivity index (χ1v) is 5.45. The first-order valence-electron chi connectivity index (χ1n) is 5.45. The molecule has 1 rings (SSSR count). The van der Waals surface area contributed by atoms with Crippen molar-refractivity contribution in [3.05, 3.63) is 0 Å². The first-order chi connectivity index (χ1) is 8.16.